The van der Waals surface area contributed by atoms with Crippen molar-refractivity contribution in [3.63, 3.8) is 0 Å². The summed E-state index contributed by atoms with van der Waals surface area (Å²) in [7, 11) is 3.74. The van der Waals surface area contributed by atoms with Gasteiger partial charge in [0.15, 0.2) is 5.76 Å². The van der Waals surface area contributed by atoms with Gasteiger partial charge in [-0.3, -0.25) is 10.00 Å². The molecule has 0 radical (unpaired) electrons. The zero-order valence-corrected chi connectivity index (χ0v) is 14.6. The van der Waals surface area contributed by atoms with Crippen LogP contribution in [0.25, 0.3) is 11.5 Å². The van der Waals surface area contributed by atoms with Gasteiger partial charge in [-0.1, -0.05) is 0 Å². The van der Waals surface area contributed by atoms with Gasteiger partial charge in [-0.05, 0) is 25.5 Å². The molecule has 0 bridgehead atoms. The largest absolute Gasteiger partial charge is 0.460 e. The highest BCUT2D eigenvalue weighted by Crippen LogP contribution is 2.34. The Bertz CT molecular complexity index is 851. The van der Waals surface area contributed by atoms with Gasteiger partial charge in [0.1, 0.15) is 23.6 Å². The molecule has 0 saturated carbocycles. The number of nitrogens with one attached hydrogen (secondary N) is 1. The Morgan fingerprint density at radius 2 is 2.28 bits per heavy atom. The quantitative estimate of drug-likeness (QED) is 0.764. The maximum atomic E-state index is 5.75. The van der Waals surface area contributed by atoms with Crippen molar-refractivity contribution in [3.8, 4) is 11.5 Å². The monoisotopic (exact) mass is 342 g/mol. The fraction of sp³-hybridized carbons (Fsp3) is 0.471. The standard InChI is InChI=1S/C17H22N6O2/c1-11-4-5-15(25-11)16-12(7-18-20-16)8-23-9-13(24-3)6-14(23)17-21-19-10-22(17)2/h4-5,7,10,13-14H,6,8-9H2,1-3H3,(H,18,20)/t13-,14+/m1/s1. The first-order chi connectivity index (χ1) is 12.2. The van der Waals surface area contributed by atoms with Crippen LogP contribution in [0.2, 0.25) is 0 Å². The number of rotatable bonds is 5. The predicted molar refractivity (Wildman–Crippen MR) is 90.6 cm³/mol. The second-order valence-corrected chi connectivity index (χ2v) is 6.52. The minimum absolute atomic E-state index is 0.165. The lowest BCUT2D eigenvalue weighted by molar-refractivity contribution is 0.107. The smallest absolute Gasteiger partial charge is 0.152 e. The molecule has 4 heterocycles. The minimum atomic E-state index is 0.165. The Morgan fingerprint density at radius 1 is 1.40 bits per heavy atom. The van der Waals surface area contributed by atoms with Crippen molar-refractivity contribution in [1.29, 1.82) is 0 Å². The van der Waals surface area contributed by atoms with E-state index in [2.05, 4.69) is 25.3 Å². The summed E-state index contributed by atoms with van der Waals surface area (Å²) in [5.74, 6) is 2.65. The van der Waals surface area contributed by atoms with Crippen LogP contribution >= 0.6 is 0 Å². The van der Waals surface area contributed by atoms with Gasteiger partial charge < -0.3 is 13.7 Å². The summed E-state index contributed by atoms with van der Waals surface area (Å²) in [6.45, 7) is 3.52. The molecule has 1 N–H and O–H groups in total. The number of aromatic nitrogens is 5. The van der Waals surface area contributed by atoms with Crippen molar-refractivity contribution in [1.82, 2.24) is 29.9 Å². The van der Waals surface area contributed by atoms with E-state index in [4.69, 9.17) is 9.15 Å². The van der Waals surface area contributed by atoms with Gasteiger partial charge in [0.2, 0.25) is 0 Å². The Kier molecular flexibility index (Phi) is 4.14. The maximum Gasteiger partial charge on any atom is 0.152 e. The number of aromatic amines is 1. The molecule has 8 nitrogen and oxygen atoms in total. The SMILES string of the molecule is CO[C@@H]1C[C@@H](c2nncn2C)N(Cc2cn[nH]c2-c2ccc(C)o2)C1. The number of furan rings is 1. The van der Waals surface area contributed by atoms with E-state index in [-0.39, 0.29) is 12.1 Å². The second-order valence-electron chi connectivity index (χ2n) is 6.52. The minimum Gasteiger partial charge on any atom is -0.460 e. The summed E-state index contributed by atoms with van der Waals surface area (Å²) in [6.07, 6.45) is 4.68. The number of nitrogens with zero attached hydrogens (tertiary/aromatic N) is 5. The molecule has 0 unspecified atom stereocenters. The van der Waals surface area contributed by atoms with E-state index >= 15 is 0 Å². The summed E-state index contributed by atoms with van der Waals surface area (Å²) in [5, 5.41) is 15.6. The summed E-state index contributed by atoms with van der Waals surface area (Å²) in [6, 6.07) is 4.09. The third kappa shape index (κ3) is 2.98. The van der Waals surface area contributed by atoms with Gasteiger partial charge in [0, 0.05) is 32.8 Å². The van der Waals surface area contributed by atoms with Crippen molar-refractivity contribution in [2.75, 3.05) is 13.7 Å². The number of H-pyrrole nitrogens is 1. The second kappa shape index (κ2) is 6.45. The van der Waals surface area contributed by atoms with E-state index in [1.165, 1.54) is 0 Å². The highest BCUT2D eigenvalue weighted by atomic mass is 16.5. The van der Waals surface area contributed by atoms with Gasteiger partial charge in [0.05, 0.1) is 18.3 Å². The molecule has 0 amide bonds. The lowest BCUT2D eigenvalue weighted by atomic mass is 10.1. The van der Waals surface area contributed by atoms with Gasteiger partial charge in [0.25, 0.3) is 0 Å². The van der Waals surface area contributed by atoms with Crippen LogP contribution in [-0.2, 0) is 18.3 Å². The first-order valence-electron chi connectivity index (χ1n) is 8.35. The Morgan fingerprint density at radius 3 is 2.96 bits per heavy atom. The molecule has 0 aromatic carbocycles. The molecule has 1 aliphatic rings. The molecule has 25 heavy (non-hydrogen) atoms. The van der Waals surface area contributed by atoms with Crippen molar-refractivity contribution in [2.24, 2.45) is 7.05 Å². The molecule has 2 atom stereocenters. The topological polar surface area (TPSA) is 85.0 Å². The Balaban J connectivity index is 1.61. The molecule has 3 aromatic rings. The van der Waals surface area contributed by atoms with Gasteiger partial charge >= 0.3 is 0 Å². The number of methoxy groups -OCH3 is 1. The van der Waals surface area contributed by atoms with Crippen molar-refractivity contribution in [3.05, 3.63) is 41.8 Å². The fourth-order valence-corrected chi connectivity index (χ4v) is 3.50. The lowest BCUT2D eigenvalue weighted by Crippen LogP contribution is -2.26. The summed E-state index contributed by atoms with van der Waals surface area (Å²) in [5.41, 5.74) is 2.02. The predicted octanol–water partition coefficient (Wildman–Crippen LogP) is 2.07. The van der Waals surface area contributed by atoms with Crippen molar-refractivity contribution >= 4 is 0 Å². The molecule has 8 heteroatoms. The van der Waals surface area contributed by atoms with Crippen LogP contribution < -0.4 is 0 Å². The van der Waals surface area contributed by atoms with E-state index in [1.54, 1.807) is 13.4 Å². The average molecular weight is 342 g/mol. The molecule has 1 aliphatic heterocycles. The molecule has 0 aliphatic carbocycles. The molecule has 4 rings (SSSR count). The number of hydrogen-bond donors (Lipinski definition) is 1. The molecule has 0 spiro atoms. The fourth-order valence-electron chi connectivity index (χ4n) is 3.50. The third-order valence-electron chi connectivity index (χ3n) is 4.82. The first-order valence-corrected chi connectivity index (χ1v) is 8.35. The number of aryl methyl sites for hydroxylation is 2. The lowest BCUT2D eigenvalue weighted by Gasteiger charge is -2.23. The molecular weight excluding hydrogens is 320 g/mol. The van der Waals surface area contributed by atoms with E-state index < -0.39 is 0 Å². The summed E-state index contributed by atoms with van der Waals surface area (Å²) in [4.78, 5) is 2.36. The van der Waals surface area contributed by atoms with Crippen molar-refractivity contribution < 1.29 is 9.15 Å². The normalized spacial score (nSPS) is 21.2. The molecule has 1 saturated heterocycles. The number of likely N-dealkylation sites (tertiary alicyclic amines) is 1. The summed E-state index contributed by atoms with van der Waals surface area (Å²) >= 11 is 0. The van der Waals surface area contributed by atoms with Crippen LogP contribution in [0.5, 0.6) is 0 Å². The summed E-state index contributed by atoms with van der Waals surface area (Å²) < 4.78 is 13.3. The number of ether oxygens (including phenoxy) is 1. The van der Waals surface area contributed by atoms with Crippen LogP contribution in [0.3, 0.4) is 0 Å². The first kappa shape index (κ1) is 16.0. The van der Waals surface area contributed by atoms with Crippen LogP contribution in [0.15, 0.2) is 29.1 Å². The highest BCUT2D eigenvalue weighted by Gasteiger charge is 2.36. The average Bonchev–Trinajstić information content (AvgIpc) is 3.35. The van der Waals surface area contributed by atoms with E-state index in [0.717, 1.165) is 48.1 Å². The van der Waals surface area contributed by atoms with E-state index in [1.807, 2.05) is 36.9 Å². The van der Waals surface area contributed by atoms with Crippen LogP contribution in [0.1, 0.15) is 29.6 Å². The van der Waals surface area contributed by atoms with Gasteiger partial charge in [-0.15, -0.1) is 10.2 Å². The zero-order valence-electron chi connectivity index (χ0n) is 14.6. The number of hydrogen-bond acceptors (Lipinski definition) is 6. The van der Waals surface area contributed by atoms with Crippen LogP contribution in [-0.4, -0.2) is 49.6 Å². The van der Waals surface area contributed by atoms with E-state index in [0.29, 0.717) is 0 Å². The Hall–Kier alpha value is -2.45. The van der Waals surface area contributed by atoms with Crippen molar-refractivity contribution in [2.45, 2.75) is 32.0 Å². The van der Waals surface area contributed by atoms with Gasteiger partial charge in [-0.2, -0.15) is 5.10 Å². The molecular formula is C17H22N6O2. The zero-order chi connectivity index (χ0) is 17.4. The van der Waals surface area contributed by atoms with E-state index in [9.17, 15) is 0 Å². The molecule has 3 aromatic heterocycles. The third-order valence-corrected chi connectivity index (χ3v) is 4.82. The van der Waals surface area contributed by atoms with Crippen LogP contribution in [0.4, 0.5) is 0 Å². The van der Waals surface area contributed by atoms with Gasteiger partial charge in [-0.25, -0.2) is 0 Å². The maximum absolute atomic E-state index is 5.75. The highest BCUT2D eigenvalue weighted by molar-refractivity contribution is 5.56. The molecule has 132 valence electrons. The molecule has 1 fully saturated rings. The Labute approximate surface area is 145 Å². The van der Waals surface area contributed by atoms with Crippen LogP contribution in [0, 0.1) is 6.92 Å².